The van der Waals surface area contributed by atoms with Crippen molar-refractivity contribution in [3.8, 4) is 34.8 Å². The van der Waals surface area contributed by atoms with E-state index in [4.69, 9.17) is 28.4 Å². The summed E-state index contributed by atoms with van der Waals surface area (Å²) in [4.78, 5) is 42.3. The number of phenolic OH excluding ortho intramolecular Hbond substituents is 1. The van der Waals surface area contributed by atoms with Crippen LogP contribution >= 0.6 is 11.8 Å². The van der Waals surface area contributed by atoms with Crippen molar-refractivity contribution in [2.24, 2.45) is 0 Å². The Bertz CT molecular complexity index is 1770. The van der Waals surface area contributed by atoms with Crippen LogP contribution in [0.25, 0.3) is 0 Å². The summed E-state index contributed by atoms with van der Waals surface area (Å²) in [6.07, 6.45) is -0.931. The molecule has 14 heteroatoms. The first-order valence-electron chi connectivity index (χ1n) is 15.3. The predicted octanol–water partition coefficient (Wildman–Crippen LogP) is 3.16. The van der Waals surface area contributed by atoms with E-state index in [2.05, 4.69) is 15.9 Å². The number of cyclic esters (lactones) is 1. The monoisotopic (exact) mass is 665 g/mol. The third-order valence-electron chi connectivity index (χ3n) is 9.85. The van der Waals surface area contributed by atoms with Gasteiger partial charge in [-0.1, -0.05) is 6.07 Å². The number of aryl methyl sites for hydroxylation is 1. The van der Waals surface area contributed by atoms with Gasteiger partial charge in [-0.25, -0.2) is 4.79 Å². The highest BCUT2D eigenvalue weighted by molar-refractivity contribution is 7.99. The highest BCUT2D eigenvalue weighted by Gasteiger charge is 2.63. The van der Waals surface area contributed by atoms with Gasteiger partial charge in [0, 0.05) is 60.9 Å². The lowest BCUT2D eigenvalue weighted by Crippen LogP contribution is -2.69. The molecule has 6 heterocycles. The summed E-state index contributed by atoms with van der Waals surface area (Å²) in [5.41, 5.74) is 2.85. The Labute approximate surface area is 275 Å². The molecule has 2 unspecified atom stereocenters. The van der Waals surface area contributed by atoms with Gasteiger partial charge in [0.25, 0.3) is 0 Å². The second kappa shape index (κ2) is 11.2. The maximum absolute atomic E-state index is 13.4. The molecule has 248 valence electrons. The first kappa shape index (κ1) is 31.4. The number of aromatic hydroxyl groups is 1. The number of nitriles is 1. The van der Waals surface area contributed by atoms with Crippen LogP contribution in [0.15, 0.2) is 6.07 Å². The maximum atomic E-state index is 13.4. The Balaban J connectivity index is 1.57. The molecule has 7 atom stereocenters. The Morgan fingerprint density at radius 1 is 1.11 bits per heavy atom. The van der Waals surface area contributed by atoms with Crippen molar-refractivity contribution in [2.45, 2.75) is 69.1 Å². The minimum Gasteiger partial charge on any atom is -0.504 e. The minimum absolute atomic E-state index is 0.000533. The fourth-order valence-corrected chi connectivity index (χ4v) is 9.80. The van der Waals surface area contributed by atoms with Crippen LogP contribution in [0.1, 0.15) is 64.6 Å². The number of nitrogens with zero attached hydrogens (tertiary/aromatic N) is 3. The largest absolute Gasteiger partial charge is 0.504 e. The number of ether oxygens (including phenoxy) is 6. The third kappa shape index (κ3) is 4.54. The molecule has 0 amide bonds. The van der Waals surface area contributed by atoms with Gasteiger partial charge in [0.15, 0.2) is 23.0 Å². The number of hydrogen-bond donors (Lipinski definition) is 1. The van der Waals surface area contributed by atoms with E-state index in [-0.39, 0.29) is 31.3 Å². The van der Waals surface area contributed by atoms with Crippen LogP contribution in [-0.4, -0.2) is 90.4 Å². The number of phenols is 1. The van der Waals surface area contributed by atoms with E-state index in [9.17, 15) is 24.8 Å². The minimum atomic E-state index is -1.20. The number of carbonyl (C=O) groups excluding carboxylic acids is 3. The third-order valence-corrected chi connectivity index (χ3v) is 11.2. The molecule has 0 saturated carbocycles. The van der Waals surface area contributed by atoms with Crippen molar-refractivity contribution in [2.75, 3.05) is 39.9 Å². The van der Waals surface area contributed by atoms with Gasteiger partial charge in [0.05, 0.1) is 30.5 Å². The zero-order valence-electron chi connectivity index (χ0n) is 26.9. The van der Waals surface area contributed by atoms with Crippen LogP contribution in [0.3, 0.4) is 0 Å². The summed E-state index contributed by atoms with van der Waals surface area (Å²) < 4.78 is 35.0. The molecule has 0 radical (unpaired) electrons. The number of esters is 3. The molecule has 1 N–H and O–H groups in total. The van der Waals surface area contributed by atoms with E-state index in [1.165, 1.54) is 32.7 Å². The number of hydrogen-bond acceptors (Lipinski definition) is 14. The van der Waals surface area contributed by atoms with Crippen molar-refractivity contribution in [3.63, 3.8) is 0 Å². The summed E-state index contributed by atoms with van der Waals surface area (Å²) in [5, 5.41) is 22.4. The zero-order chi connectivity index (χ0) is 33.5. The van der Waals surface area contributed by atoms with Gasteiger partial charge in [0.1, 0.15) is 17.9 Å². The van der Waals surface area contributed by atoms with Crippen LogP contribution in [0.2, 0.25) is 0 Å². The van der Waals surface area contributed by atoms with Crippen LogP contribution in [0.5, 0.6) is 28.7 Å². The lowest BCUT2D eigenvalue weighted by molar-refractivity contribution is -0.169. The fraction of sp³-hybridized carbons (Fsp3) is 0.515. The fourth-order valence-electron chi connectivity index (χ4n) is 8.34. The summed E-state index contributed by atoms with van der Waals surface area (Å²) in [7, 11) is 3.43. The van der Waals surface area contributed by atoms with E-state index >= 15 is 0 Å². The van der Waals surface area contributed by atoms with E-state index in [0.29, 0.717) is 51.8 Å². The number of likely N-dealkylation sites (N-methyl/N-ethyl adjacent to an activating group) is 1. The highest BCUT2D eigenvalue weighted by atomic mass is 32.2. The van der Waals surface area contributed by atoms with Crippen molar-refractivity contribution in [1.82, 2.24) is 9.80 Å². The Hall–Kier alpha value is -4.19. The van der Waals surface area contributed by atoms with Gasteiger partial charge in [-0.3, -0.25) is 19.4 Å². The number of piperazine rings is 1. The molecule has 0 spiro atoms. The smallest absolute Gasteiger partial charge is 0.348 e. The molecule has 6 aliphatic heterocycles. The highest BCUT2D eigenvalue weighted by Crippen LogP contribution is 2.65. The first-order chi connectivity index (χ1) is 22.4. The summed E-state index contributed by atoms with van der Waals surface area (Å²) >= 11 is 1.33. The SMILES string of the molecule is COc1c(C)cc2c(c1O)[C@@H]1C3[C@@H]4SC[C@H](OC(C)=O)C(=O)OC[C@@H](c5c6c(c(C)c(OC(C)=O)c54)OCO6)N3[C@](C#N)(C2)CN1C. The van der Waals surface area contributed by atoms with E-state index in [1.54, 1.807) is 6.92 Å². The van der Waals surface area contributed by atoms with Crippen molar-refractivity contribution < 1.29 is 47.9 Å². The number of benzene rings is 2. The second-order valence-corrected chi connectivity index (χ2v) is 13.8. The van der Waals surface area contributed by atoms with Gasteiger partial charge in [-0.2, -0.15) is 5.26 Å². The molecule has 2 aromatic rings. The van der Waals surface area contributed by atoms with E-state index < -0.39 is 52.9 Å². The Morgan fingerprint density at radius 2 is 1.85 bits per heavy atom. The van der Waals surface area contributed by atoms with Crippen molar-refractivity contribution in [1.29, 1.82) is 5.26 Å². The Kier molecular flexibility index (Phi) is 7.49. The zero-order valence-corrected chi connectivity index (χ0v) is 27.7. The second-order valence-electron chi connectivity index (χ2n) is 12.7. The van der Waals surface area contributed by atoms with Crippen LogP contribution < -0.4 is 18.9 Å². The maximum Gasteiger partial charge on any atom is 0.348 e. The summed E-state index contributed by atoms with van der Waals surface area (Å²) in [6, 6.07) is 2.81. The predicted molar refractivity (Wildman–Crippen MR) is 166 cm³/mol. The molecule has 47 heavy (non-hydrogen) atoms. The average molecular weight is 666 g/mol. The normalized spacial score (nSPS) is 30.2. The molecule has 0 aromatic heterocycles. The van der Waals surface area contributed by atoms with Gasteiger partial charge < -0.3 is 33.5 Å². The molecule has 4 bridgehead atoms. The van der Waals surface area contributed by atoms with Crippen molar-refractivity contribution >= 4 is 29.7 Å². The van der Waals surface area contributed by atoms with Crippen LogP contribution in [0.4, 0.5) is 0 Å². The number of methoxy groups -OCH3 is 1. The number of rotatable bonds is 3. The molecule has 2 fully saturated rings. The molecule has 2 saturated heterocycles. The van der Waals surface area contributed by atoms with Gasteiger partial charge in [-0.15, -0.1) is 11.8 Å². The number of fused-ring (bicyclic) bond motifs is 6. The lowest BCUT2D eigenvalue weighted by Gasteiger charge is -2.60. The van der Waals surface area contributed by atoms with E-state index in [1.807, 2.05) is 20.0 Å². The molecule has 13 nitrogen and oxygen atoms in total. The van der Waals surface area contributed by atoms with Gasteiger partial charge in [-0.05, 0) is 32.0 Å². The standard InChI is InChI=1S/C33H35N3O10S/c1-14-7-18-8-33(11-34)12-35(5)24(21(18)26(39)27(14)41-6)25-31-23-22(30-29(43-13-44-30)15(2)28(23)46-17(4)38)19(36(25)33)9-42-32(40)20(10-47-31)45-16(3)37/h7,19-20,24-25,31,39H,8-10,12-13H2,1-6H3/t19-,20-,24+,25?,31+,33-/m0/s1. The molecule has 2 aromatic carbocycles. The number of carbonyl (C=O) groups is 3. The summed E-state index contributed by atoms with van der Waals surface area (Å²) in [5.74, 6) is -0.358. The van der Waals surface area contributed by atoms with Crippen LogP contribution in [0, 0.1) is 25.2 Å². The lowest BCUT2D eigenvalue weighted by atomic mass is 9.76. The molecule has 8 rings (SSSR count). The van der Waals surface area contributed by atoms with Gasteiger partial charge in [0.2, 0.25) is 12.9 Å². The molecular formula is C33H35N3O10S. The molecular weight excluding hydrogens is 630 g/mol. The van der Waals surface area contributed by atoms with Gasteiger partial charge >= 0.3 is 17.9 Å². The Morgan fingerprint density at radius 3 is 2.53 bits per heavy atom. The van der Waals surface area contributed by atoms with Crippen LogP contribution in [-0.2, 0) is 30.3 Å². The summed E-state index contributed by atoms with van der Waals surface area (Å²) in [6.45, 7) is 6.22. The molecule has 0 aliphatic carbocycles. The van der Waals surface area contributed by atoms with Crippen molar-refractivity contribution in [3.05, 3.63) is 39.4 Å². The quantitative estimate of drug-likeness (QED) is 0.377. The van der Waals surface area contributed by atoms with E-state index in [0.717, 1.165) is 11.1 Å². The topological polar surface area (TPSA) is 157 Å². The molecule has 6 aliphatic rings. The number of thioether (sulfide) groups is 1. The first-order valence-corrected chi connectivity index (χ1v) is 16.4. The average Bonchev–Trinajstić information content (AvgIpc) is 3.42.